The van der Waals surface area contributed by atoms with E-state index in [1.54, 1.807) is 0 Å². The zero-order valence-corrected chi connectivity index (χ0v) is 8.66. The molecular weight excluding hydrogens is 266 g/mol. The van der Waals surface area contributed by atoms with Gasteiger partial charge in [-0.3, -0.25) is 4.79 Å². The number of thiophene rings is 1. The van der Waals surface area contributed by atoms with Crippen LogP contribution >= 0.6 is 27.3 Å². The van der Waals surface area contributed by atoms with Crippen LogP contribution in [0.3, 0.4) is 0 Å². The van der Waals surface area contributed by atoms with Gasteiger partial charge in [0, 0.05) is 4.47 Å². The van der Waals surface area contributed by atoms with Gasteiger partial charge in [0.25, 0.3) is 5.92 Å². The first-order valence-corrected chi connectivity index (χ1v) is 4.94. The molecule has 0 fully saturated rings. The van der Waals surface area contributed by atoms with Crippen LogP contribution in [-0.2, 0) is 10.7 Å². The maximum absolute atomic E-state index is 13.1. The molecule has 0 bridgehead atoms. The molecule has 72 valence electrons. The predicted octanol–water partition coefficient (Wildman–Crippen LogP) is 3.08. The first-order valence-electron chi connectivity index (χ1n) is 3.26. The number of rotatable bonds is 3. The van der Waals surface area contributed by atoms with E-state index in [4.69, 9.17) is 5.11 Å². The molecular formula is C7H5BrF2O2S. The van der Waals surface area contributed by atoms with Crippen molar-refractivity contribution in [3.8, 4) is 0 Å². The normalized spacial score (nSPS) is 11.6. The van der Waals surface area contributed by atoms with E-state index in [9.17, 15) is 13.6 Å². The van der Waals surface area contributed by atoms with Gasteiger partial charge in [0.05, 0.1) is 4.88 Å². The van der Waals surface area contributed by atoms with E-state index in [1.807, 2.05) is 0 Å². The number of carboxylic acid groups (broad SMARTS) is 1. The number of carboxylic acids is 1. The van der Waals surface area contributed by atoms with Crippen molar-refractivity contribution in [3.05, 3.63) is 20.8 Å². The van der Waals surface area contributed by atoms with Gasteiger partial charge in [-0.2, -0.15) is 8.78 Å². The summed E-state index contributed by atoms with van der Waals surface area (Å²) >= 11 is 3.77. The first-order chi connectivity index (χ1) is 5.93. The molecule has 2 nitrogen and oxygen atoms in total. The number of alkyl halides is 2. The van der Waals surface area contributed by atoms with Gasteiger partial charge >= 0.3 is 5.97 Å². The van der Waals surface area contributed by atoms with E-state index in [0.717, 1.165) is 11.3 Å². The highest BCUT2D eigenvalue weighted by molar-refractivity contribution is 9.10. The highest BCUT2D eigenvalue weighted by Crippen LogP contribution is 2.39. The van der Waals surface area contributed by atoms with Gasteiger partial charge in [0.15, 0.2) is 0 Å². The molecule has 0 atom stereocenters. The predicted molar refractivity (Wildman–Crippen MR) is 48.2 cm³/mol. The van der Waals surface area contributed by atoms with Crippen LogP contribution < -0.4 is 0 Å². The van der Waals surface area contributed by atoms with Crippen molar-refractivity contribution in [2.45, 2.75) is 12.3 Å². The van der Waals surface area contributed by atoms with Crippen LogP contribution in [0.15, 0.2) is 15.9 Å². The lowest BCUT2D eigenvalue weighted by Gasteiger charge is -2.12. The van der Waals surface area contributed by atoms with Gasteiger partial charge in [-0.25, -0.2) is 0 Å². The minimum absolute atomic E-state index is 0.241. The Morgan fingerprint density at radius 3 is 2.69 bits per heavy atom. The molecule has 0 aliphatic rings. The average molecular weight is 271 g/mol. The van der Waals surface area contributed by atoms with E-state index in [2.05, 4.69) is 15.9 Å². The Balaban J connectivity index is 2.93. The monoisotopic (exact) mass is 270 g/mol. The quantitative estimate of drug-likeness (QED) is 0.917. The second-order valence-corrected chi connectivity index (χ2v) is 4.14. The molecule has 0 saturated heterocycles. The molecule has 0 aromatic carbocycles. The molecule has 0 amide bonds. The van der Waals surface area contributed by atoms with Gasteiger partial charge < -0.3 is 5.11 Å². The van der Waals surface area contributed by atoms with E-state index in [1.165, 1.54) is 11.4 Å². The number of carbonyl (C=O) groups is 1. The summed E-state index contributed by atoms with van der Waals surface area (Å²) in [6.07, 6.45) is -1.17. The Bertz CT molecular complexity index is 324. The van der Waals surface area contributed by atoms with Crippen LogP contribution in [0.4, 0.5) is 8.78 Å². The van der Waals surface area contributed by atoms with Crippen molar-refractivity contribution in [1.82, 2.24) is 0 Å². The van der Waals surface area contributed by atoms with Crippen LogP contribution in [0.25, 0.3) is 0 Å². The minimum Gasteiger partial charge on any atom is -0.481 e. The molecule has 13 heavy (non-hydrogen) atoms. The lowest BCUT2D eigenvalue weighted by atomic mass is 10.2. The molecule has 0 saturated carbocycles. The Labute approximate surface area is 85.3 Å². The largest absolute Gasteiger partial charge is 0.481 e. The molecule has 0 unspecified atom stereocenters. The second kappa shape index (κ2) is 3.71. The lowest BCUT2D eigenvalue weighted by Crippen LogP contribution is -2.17. The smallest absolute Gasteiger partial charge is 0.309 e. The summed E-state index contributed by atoms with van der Waals surface area (Å²) in [5.41, 5.74) is 0. The summed E-state index contributed by atoms with van der Waals surface area (Å²) in [5, 5.41) is 9.73. The highest BCUT2D eigenvalue weighted by Gasteiger charge is 2.37. The van der Waals surface area contributed by atoms with Crippen molar-refractivity contribution in [1.29, 1.82) is 0 Å². The zero-order chi connectivity index (χ0) is 10.1. The number of halogens is 3. The molecule has 1 aromatic rings. The Kier molecular flexibility index (Phi) is 3.02. The molecule has 0 aliphatic carbocycles. The Morgan fingerprint density at radius 2 is 2.31 bits per heavy atom. The summed E-state index contributed by atoms with van der Waals surface area (Å²) in [4.78, 5) is 9.89. The number of aliphatic carboxylic acids is 1. The number of hydrogen-bond acceptors (Lipinski definition) is 2. The summed E-state index contributed by atoms with van der Waals surface area (Å²) in [5.74, 6) is -4.80. The molecule has 0 spiro atoms. The van der Waals surface area contributed by atoms with Crippen molar-refractivity contribution < 1.29 is 18.7 Å². The van der Waals surface area contributed by atoms with Gasteiger partial charge in [0.2, 0.25) is 0 Å². The maximum atomic E-state index is 13.1. The second-order valence-electron chi connectivity index (χ2n) is 2.37. The van der Waals surface area contributed by atoms with Crippen molar-refractivity contribution in [2.75, 3.05) is 0 Å². The molecule has 6 heteroatoms. The Morgan fingerprint density at radius 1 is 1.69 bits per heavy atom. The average Bonchev–Trinajstić information content (AvgIpc) is 2.32. The van der Waals surface area contributed by atoms with Crippen molar-refractivity contribution >= 4 is 33.2 Å². The number of hydrogen-bond donors (Lipinski definition) is 1. The fourth-order valence-corrected chi connectivity index (χ4v) is 2.47. The van der Waals surface area contributed by atoms with Crippen LogP contribution in [0.2, 0.25) is 0 Å². The third kappa shape index (κ3) is 2.47. The molecule has 1 N–H and O–H groups in total. The van der Waals surface area contributed by atoms with E-state index in [0.29, 0.717) is 0 Å². The Hall–Kier alpha value is -0.490. The van der Waals surface area contributed by atoms with E-state index >= 15 is 0 Å². The molecule has 1 aromatic heterocycles. The third-order valence-corrected chi connectivity index (χ3v) is 3.27. The summed E-state index contributed by atoms with van der Waals surface area (Å²) < 4.78 is 26.5. The minimum atomic E-state index is -3.29. The summed E-state index contributed by atoms with van der Waals surface area (Å²) in [6, 6.07) is 1.47. The van der Waals surface area contributed by atoms with Crippen LogP contribution in [0, 0.1) is 0 Å². The van der Waals surface area contributed by atoms with E-state index < -0.39 is 18.3 Å². The SMILES string of the molecule is O=C(O)CC(F)(F)c1sccc1Br. The van der Waals surface area contributed by atoms with Crippen LogP contribution in [0.1, 0.15) is 11.3 Å². The summed E-state index contributed by atoms with van der Waals surface area (Å²) in [7, 11) is 0. The van der Waals surface area contributed by atoms with Crippen molar-refractivity contribution in [3.63, 3.8) is 0 Å². The fourth-order valence-electron chi connectivity index (χ4n) is 0.825. The maximum Gasteiger partial charge on any atom is 0.309 e. The van der Waals surface area contributed by atoms with Gasteiger partial charge in [-0.05, 0) is 27.4 Å². The molecule has 0 radical (unpaired) electrons. The van der Waals surface area contributed by atoms with Crippen LogP contribution in [-0.4, -0.2) is 11.1 Å². The lowest BCUT2D eigenvalue weighted by molar-refractivity contribution is -0.145. The highest BCUT2D eigenvalue weighted by atomic mass is 79.9. The summed E-state index contributed by atoms with van der Waals surface area (Å²) in [6.45, 7) is 0. The zero-order valence-electron chi connectivity index (χ0n) is 6.26. The van der Waals surface area contributed by atoms with Crippen LogP contribution in [0.5, 0.6) is 0 Å². The first kappa shape index (κ1) is 10.6. The molecule has 1 heterocycles. The van der Waals surface area contributed by atoms with Gasteiger partial charge in [0.1, 0.15) is 6.42 Å². The third-order valence-electron chi connectivity index (χ3n) is 1.32. The van der Waals surface area contributed by atoms with Crippen molar-refractivity contribution in [2.24, 2.45) is 0 Å². The van der Waals surface area contributed by atoms with Gasteiger partial charge in [-0.15, -0.1) is 11.3 Å². The standard InChI is InChI=1S/C7H5BrF2O2S/c8-4-1-2-13-6(4)7(9,10)3-5(11)12/h1-2H,3H2,(H,11,12). The topological polar surface area (TPSA) is 37.3 Å². The van der Waals surface area contributed by atoms with E-state index in [-0.39, 0.29) is 9.35 Å². The molecule has 1 rings (SSSR count). The fraction of sp³-hybridized carbons (Fsp3) is 0.286. The molecule has 0 aliphatic heterocycles. The van der Waals surface area contributed by atoms with Gasteiger partial charge in [-0.1, -0.05) is 0 Å².